The first-order valence-electron chi connectivity index (χ1n) is 4.41. The van der Waals surface area contributed by atoms with Crippen LogP contribution < -0.4 is 0 Å². The predicted octanol–water partition coefficient (Wildman–Crippen LogP) is 0.844. The molecule has 5 nitrogen and oxygen atoms in total. The summed E-state index contributed by atoms with van der Waals surface area (Å²) in [5.41, 5.74) is 1.30. The fraction of sp³-hybridized carbons (Fsp3) is 0.100. The van der Waals surface area contributed by atoms with Crippen LogP contribution in [0.4, 0.5) is 0 Å². The van der Waals surface area contributed by atoms with Crippen molar-refractivity contribution >= 4 is 6.29 Å². The highest BCUT2D eigenvalue weighted by Gasteiger charge is 1.99. The Hall–Kier alpha value is -2.17. The van der Waals surface area contributed by atoms with Gasteiger partial charge in [-0.05, 0) is 17.7 Å². The largest absolute Gasteiger partial charge is 0.508 e. The second kappa shape index (κ2) is 3.91. The van der Waals surface area contributed by atoms with Crippen LogP contribution in [0.5, 0.6) is 5.75 Å². The van der Waals surface area contributed by atoms with E-state index in [4.69, 9.17) is 5.11 Å². The van der Waals surface area contributed by atoms with Gasteiger partial charge in [0.25, 0.3) is 0 Å². The number of phenolic OH excluding ortho intramolecular Hbond substituents is 1. The van der Waals surface area contributed by atoms with Gasteiger partial charge in [-0.15, -0.1) is 5.10 Å². The van der Waals surface area contributed by atoms with Crippen LogP contribution in [-0.4, -0.2) is 26.4 Å². The molecule has 0 spiro atoms. The van der Waals surface area contributed by atoms with E-state index in [9.17, 15) is 4.79 Å². The van der Waals surface area contributed by atoms with Gasteiger partial charge < -0.3 is 5.11 Å². The van der Waals surface area contributed by atoms with Crippen molar-refractivity contribution in [3.8, 4) is 5.75 Å². The standard InChI is InChI=1S/C10H9N3O2/c14-7-9-6-13(12-11-9)5-8-1-3-10(15)4-2-8/h1-4,6-7,15H,5H2. The lowest BCUT2D eigenvalue weighted by atomic mass is 10.2. The van der Waals surface area contributed by atoms with Crippen LogP contribution in [0.1, 0.15) is 16.1 Å². The van der Waals surface area contributed by atoms with E-state index in [1.807, 2.05) is 0 Å². The summed E-state index contributed by atoms with van der Waals surface area (Å²) >= 11 is 0. The maximum atomic E-state index is 10.4. The third kappa shape index (κ3) is 2.19. The summed E-state index contributed by atoms with van der Waals surface area (Å²) in [5.74, 6) is 0.228. The number of hydrogen-bond donors (Lipinski definition) is 1. The molecule has 0 saturated heterocycles. The maximum Gasteiger partial charge on any atom is 0.171 e. The molecule has 76 valence electrons. The van der Waals surface area contributed by atoms with Gasteiger partial charge in [-0.25, -0.2) is 4.68 Å². The monoisotopic (exact) mass is 203 g/mol. The maximum absolute atomic E-state index is 10.4. The van der Waals surface area contributed by atoms with Gasteiger partial charge in [0, 0.05) is 0 Å². The van der Waals surface area contributed by atoms with Crippen molar-refractivity contribution in [3.05, 3.63) is 41.7 Å². The Balaban J connectivity index is 2.14. The first-order chi connectivity index (χ1) is 7.28. The lowest BCUT2D eigenvalue weighted by molar-refractivity contribution is 0.111. The van der Waals surface area contributed by atoms with Gasteiger partial charge in [0.2, 0.25) is 0 Å². The average Bonchev–Trinajstić information content (AvgIpc) is 2.69. The lowest BCUT2D eigenvalue weighted by Gasteiger charge is -2.00. The Morgan fingerprint density at radius 3 is 2.67 bits per heavy atom. The van der Waals surface area contributed by atoms with Gasteiger partial charge >= 0.3 is 0 Å². The predicted molar refractivity (Wildman–Crippen MR) is 52.6 cm³/mol. The van der Waals surface area contributed by atoms with E-state index in [2.05, 4.69) is 10.3 Å². The van der Waals surface area contributed by atoms with Gasteiger partial charge in [-0.2, -0.15) is 0 Å². The number of nitrogens with zero attached hydrogens (tertiary/aromatic N) is 3. The third-order valence-electron chi connectivity index (χ3n) is 1.96. The topological polar surface area (TPSA) is 68.0 Å². The molecule has 1 aromatic carbocycles. The molecule has 0 amide bonds. The van der Waals surface area contributed by atoms with Gasteiger partial charge in [-0.3, -0.25) is 4.79 Å². The van der Waals surface area contributed by atoms with Crippen molar-refractivity contribution < 1.29 is 9.90 Å². The summed E-state index contributed by atoms with van der Waals surface area (Å²) < 4.78 is 1.57. The zero-order valence-electron chi connectivity index (χ0n) is 7.87. The van der Waals surface area contributed by atoms with E-state index < -0.39 is 0 Å². The lowest BCUT2D eigenvalue weighted by Crippen LogP contribution is -1.99. The average molecular weight is 203 g/mol. The van der Waals surface area contributed by atoms with Crippen LogP contribution in [0.2, 0.25) is 0 Å². The summed E-state index contributed by atoms with van der Waals surface area (Å²) in [4.78, 5) is 10.4. The molecule has 0 aliphatic rings. The fourth-order valence-corrected chi connectivity index (χ4v) is 1.23. The molecule has 2 aromatic rings. The normalized spacial score (nSPS) is 10.1. The first-order valence-corrected chi connectivity index (χ1v) is 4.41. The molecule has 1 heterocycles. The zero-order valence-corrected chi connectivity index (χ0v) is 7.87. The number of rotatable bonds is 3. The van der Waals surface area contributed by atoms with E-state index in [-0.39, 0.29) is 5.75 Å². The molecular weight excluding hydrogens is 194 g/mol. The number of carbonyl (C=O) groups is 1. The van der Waals surface area contributed by atoms with Crippen molar-refractivity contribution in [3.63, 3.8) is 0 Å². The molecule has 0 atom stereocenters. The molecule has 0 aliphatic carbocycles. The highest BCUT2D eigenvalue weighted by Crippen LogP contribution is 2.10. The SMILES string of the molecule is O=Cc1cn(Cc2ccc(O)cc2)nn1. The summed E-state index contributed by atoms with van der Waals surface area (Å²) in [6.07, 6.45) is 2.22. The first kappa shape index (κ1) is 9.39. The molecule has 1 N–H and O–H groups in total. The van der Waals surface area contributed by atoms with Gasteiger partial charge in [0.15, 0.2) is 6.29 Å². The number of aldehydes is 1. The summed E-state index contributed by atoms with van der Waals surface area (Å²) in [7, 11) is 0. The zero-order chi connectivity index (χ0) is 10.7. The molecule has 15 heavy (non-hydrogen) atoms. The molecule has 5 heteroatoms. The van der Waals surface area contributed by atoms with Crippen LogP contribution in [0.25, 0.3) is 0 Å². The molecule has 0 unspecified atom stereocenters. The smallest absolute Gasteiger partial charge is 0.171 e. The Morgan fingerprint density at radius 2 is 2.07 bits per heavy atom. The summed E-state index contributed by atoms with van der Waals surface area (Å²) in [6.45, 7) is 0.529. The van der Waals surface area contributed by atoms with Crippen molar-refractivity contribution in [1.29, 1.82) is 0 Å². The second-order valence-electron chi connectivity index (χ2n) is 3.13. The molecular formula is C10H9N3O2. The Kier molecular flexibility index (Phi) is 2.45. The number of hydrogen-bond acceptors (Lipinski definition) is 4. The number of benzene rings is 1. The van der Waals surface area contributed by atoms with Crippen molar-refractivity contribution in [2.45, 2.75) is 6.54 Å². The minimum absolute atomic E-state index is 0.228. The van der Waals surface area contributed by atoms with E-state index in [0.717, 1.165) is 5.56 Å². The summed E-state index contributed by atoms with van der Waals surface area (Å²) in [6, 6.07) is 6.79. The van der Waals surface area contributed by atoms with Crippen LogP contribution in [0.3, 0.4) is 0 Å². The molecule has 0 fully saturated rings. The van der Waals surface area contributed by atoms with Crippen molar-refractivity contribution in [1.82, 2.24) is 15.0 Å². The van der Waals surface area contributed by atoms with Crippen LogP contribution in [0, 0.1) is 0 Å². The van der Waals surface area contributed by atoms with Crippen LogP contribution in [-0.2, 0) is 6.54 Å². The number of aromatic hydroxyl groups is 1. The van der Waals surface area contributed by atoms with E-state index in [0.29, 0.717) is 18.5 Å². The molecule has 0 aliphatic heterocycles. The van der Waals surface area contributed by atoms with Crippen molar-refractivity contribution in [2.24, 2.45) is 0 Å². The number of aromatic nitrogens is 3. The van der Waals surface area contributed by atoms with E-state index in [1.54, 1.807) is 35.1 Å². The quantitative estimate of drug-likeness (QED) is 0.751. The molecule has 0 radical (unpaired) electrons. The highest BCUT2D eigenvalue weighted by molar-refractivity contribution is 5.70. The van der Waals surface area contributed by atoms with Crippen LogP contribution >= 0.6 is 0 Å². The highest BCUT2D eigenvalue weighted by atomic mass is 16.3. The Bertz CT molecular complexity index is 462. The third-order valence-corrected chi connectivity index (χ3v) is 1.96. The molecule has 0 saturated carbocycles. The fourth-order valence-electron chi connectivity index (χ4n) is 1.23. The van der Waals surface area contributed by atoms with E-state index >= 15 is 0 Å². The van der Waals surface area contributed by atoms with Gasteiger partial charge in [0.05, 0.1) is 12.7 Å². The van der Waals surface area contributed by atoms with Crippen molar-refractivity contribution in [2.75, 3.05) is 0 Å². The minimum Gasteiger partial charge on any atom is -0.508 e. The number of carbonyl (C=O) groups excluding carboxylic acids is 1. The molecule has 1 aromatic heterocycles. The molecule has 2 rings (SSSR count). The second-order valence-corrected chi connectivity index (χ2v) is 3.13. The minimum atomic E-state index is 0.228. The number of phenols is 1. The van der Waals surface area contributed by atoms with Crippen LogP contribution in [0.15, 0.2) is 30.5 Å². The van der Waals surface area contributed by atoms with E-state index in [1.165, 1.54) is 0 Å². The molecule has 0 bridgehead atoms. The summed E-state index contributed by atoms with van der Waals surface area (Å²) in [5, 5.41) is 16.5. The van der Waals surface area contributed by atoms with Gasteiger partial charge in [-0.1, -0.05) is 17.3 Å². The Labute approximate surface area is 86.0 Å². The van der Waals surface area contributed by atoms with Gasteiger partial charge in [0.1, 0.15) is 11.4 Å². The Morgan fingerprint density at radius 1 is 1.33 bits per heavy atom.